The Morgan fingerprint density at radius 1 is 1.24 bits per heavy atom. The van der Waals surface area contributed by atoms with Gasteiger partial charge in [-0.3, -0.25) is 0 Å². The molecule has 0 aliphatic rings. The van der Waals surface area contributed by atoms with Crippen molar-refractivity contribution in [3.63, 3.8) is 0 Å². The molecule has 5 heteroatoms. The zero-order valence-electron chi connectivity index (χ0n) is 13.0. The van der Waals surface area contributed by atoms with Gasteiger partial charge in [-0.25, -0.2) is 8.42 Å². The minimum Gasteiger partial charge on any atom is -0.313 e. The fourth-order valence-corrected chi connectivity index (χ4v) is 3.32. The molecule has 0 fully saturated rings. The highest BCUT2D eigenvalue weighted by molar-refractivity contribution is 7.91. The van der Waals surface area contributed by atoms with E-state index in [0.717, 1.165) is 12.8 Å². The van der Waals surface area contributed by atoms with Crippen molar-refractivity contribution in [2.75, 3.05) is 12.3 Å². The summed E-state index contributed by atoms with van der Waals surface area (Å²) < 4.78 is 24.3. The minimum atomic E-state index is -3.29. The zero-order valence-corrected chi connectivity index (χ0v) is 13.8. The third kappa shape index (κ3) is 5.86. The molecule has 2 atom stereocenters. The van der Waals surface area contributed by atoms with Gasteiger partial charge in [0.05, 0.1) is 22.3 Å². The van der Waals surface area contributed by atoms with Gasteiger partial charge in [0.1, 0.15) is 0 Å². The third-order valence-electron chi connectivity index (χ3n) is 3.66. The topological polar surface area (TPSA) is 70.0 Å². The Balaban J connectivity index is 2.51. The standard InChI is InChI=1S/C16H24N2O2S/c1-4-13(2)11-14(3)18-9-10-21(19,20)16-7-5-15(12-17)6-8-16/h5-8,13-14,18H,4,9-11H2,1-3H3. The number of nitrogens with one attached hydrogen (secondary N) is 1. The smallest absolute Gasteiger partial charge is 0.179 e. The van der Waals surface area contributed by atoms with Crippen LogP contribution in [0.5, 0.6) is 0 Å². The van der Waals surface area contributed by atoms with Crippen molar-refractivity contribution in [2.45, 2.75) is 44.6 Å². The van der Waals surface area contributed by atoms with Gasteiger partial charge in [0.15, 0.2) is 9.84 Å². The molecule has 0 aliphatic carbocycles. The summed E-state index contributed by atoms with van der Waals surface area (Å²) in [7, 11) is -3.29. The Morgan fingerprint density at radius 2 is 1.86 bits per heavy atom. The summed E-state index contributed by atoms with van der Waals surface area (Å²) >= 11 is 0. The summed E-state index contributed by atoms with van der Waals surface area (Å²) in [5, 5.41) is 12.0. The monoisotopic (exact) mass is 308 g/mol. The van der Waals surface area contributed by atoms with Crippen molar-refractivity contribution in [1.82, 2.24) is 5.32 Å². The number of rotatable bonds is 8. The average molecular weight is 308 g/mol. The van der Waals surface area contributed by atoms with E-state index in [4.69, 9.17) is 5.26 Å². The van der Waals surface area contributed by atoms with Crippen molar-refractivity contribution in [1.29, 1.82) is 5.26 Å². The predicted octanol–water partition coefficient (Wildman–Crippen LogP) is 2.75. The Morgan fingerprint density at radius 3 is 2.38 bits per heavy atom. The molecule has 116 valence electrons. The van der Waals surface area contributed by atoms with Gasteiger partial charge in [-0.2, -0.15) is 5.26 Å². The van der Waals surface area contributed by atoms with Gasteiger partial charge in [-0.05, 0) is 43.5 Å². The molecule has 1 N–H and O–H groups in total. The molecule has 1 rings (SSSR count). The molecule has 0 spiro atoms. The first-order chi connectivity index (χ1) is 9.89. The number of hydrogen-bond acceptors (Lipinski definition) is 4. The first-order valence-electron chi connectivity index (χ1n) is 7.35. The highest BCUT2D eigenvalue weighted by Gasteiger charge is 2.15. The van der Waals surface area contributed by atoms with Gasteiger partial charge in [0.2, 0.25) is 0 Å². The largest absolute Gasteiger partial charge is 0.313 e. The number of nitriles is 1. The molecule has 0 radical (unpaired) electrons. The van der Waals surface area contributed by atoms with Crippen molar-refractivity contribution in [3.05, 3.63) is 29.8 Å². The molecule has 0 amide bonds. The lowest BCUT2D eigenvalue weighted by Crippen LogP contribution is -2.32. The van der Waals surface area contributed by atoms with Crippen LogP contribution in [0.3, 0.4) is 0 Å². The number of hydrogen-bond donors (Lipinski definition) is 1. The quantitative estimate of drug-likeness (QED) is 0.801. The lowest BCUT2D eigenvalue weighted by molar-refractivity contribution is 0.419. The van der Waals surface area contributed by atoms with E-state index in [1.54, 1.807) is 0 Å². The minimum absolute atomic E-state index is 0.0732. The van der Waals surface area contributed by atoms with Crippen LogP contribution < -0.4 is 5.32 Å². The van der Waals surface area contributed by atoms with E-state index in [0.29, 0.717) is 24.1 Å². The van der Waals surface area contributed by atoms with Crippen LogP contribution in [-0.2, 0) is 9.84 Å². The molecule has 0 aromatic heterocycles. The molecular formula is C16H24N2O2S. The molecule has 0 aliphatic heterocycles. The van der Waals surface area contributed by atoms with Gasteiger partial charge in [0.25, 0.3) is 0 Å². The van der Waals surface area contributed by atoms with Gasteiger partial charge < -0.3 is 5.32 Å². The van der Waals surface area contributed by atoms with Gasteiger partial charge in [-0.1, -0.05) is 20.3 Å². The summed E-state index contributed by atoms with van der Waals surface area (Å²) in [6, 6.07) is 8.36. The van der Waals surface area contributed by atoms with Crippen molar-refractivity contribution in [3.8, 4) is 6.07 Å². The fraction of sp³-hybridized carbons (Fsp3) is 0.562. The molecule has 2 unspecified atom stereocenters. The molecule has 0 saturated carbocycles. The van der Waals surface area contributed by atoms with E-state index in [-0.39, 0.29) is 10.6 Å². The predicted molar refractivity (Wildman–Crippen MR) is 84.7 cm³/mol. The number of benzene rings is 1. The maximum atomic E-state index is 12.2. The van der Waals surface area contributed by atoms with Gasteiger partial charge in [0, 0.05) is 12.6 Å². The lowest BCUT2D eigenvalue weighted by atomic mass is 10.0. The second kappa shape index (κ2) is 8.16. The maximum absolute atomic E-state index is 12.2. The highest BCUT2D eigenvalue weighted by Crippen LogP contribution is 2.12. The maximum Gasteiger partial charge on any atom is 0.179 e. The van der Waals surface area contributed by atoms with E-state index < -0.39 is 9.84 Å². The summed E-state index contributed by atoms with van der Waals surface area (Å²) in [5.74, 6) is 0.714. The summed E-state index contributed by atoms with van der Waals surface area (Å²) in [6.07, 6.45) is 2.18. The second-order valence-corrected chi connectivity index (χ2v) is 7.67. The normalized spacial score (nSPS) is 14.4. The van der Waals surface area contributed by atoms with Gasteiger partial charge in [-0.15, -0.1) is 0 Å². The first kappa shape index (κ1) is 17.7. The SMILES string of the molecule is CCC(C)CC(C)NCCS(=O)(=O)c1ccc(C#N)cc1. The summed E-state index contributed by atoms with van der Waals surface area (Å²) in [6.45, 7) is 6.89. The number of nitrogens with zero attached hydrogens (tertiary/aromatic N) is 1. The van der Waals surface area contributed by atoms with Crippen LogP contribution in [-0.4, -0.2) is 26.8 Å². The lowest BCUT2D eigenvalue weighted by Gasteiger charge is -2.17. The van der Waals surface area contributed by atoms with Crippen molar-refractivity contribution >= 4 is 9.84 Å². The van der Waals surface area contributed by atoms with E-state index >= 15 is 0 Å². The fourth-order valence-electron chi connectivity index (χ4n) is 2.15. The van der Waals surface area contributed by atoms with E-state index in [9.17, 15) is 8.42 Å². The Hall–Kier alpha value is -1.38. The van der Waals surface area contributed by atoms with Crippen LogP contribution in [0.1, 0.15) is 39.2 Å². The van der Waals surface area contributed by atoms with Crippen LogP contribution >= 0.6 is 0 Å². The Bertz CT molecular complexity index is 573. The molecular weight excluding hydrogens is 284 g/mol. The van der Waals surface area contributed by atoms with E-state index in [1.807, 2.05) is 6.07 Å². The van der Waals surface area contributed by atoms with E-state index in [2.05, 4.69) is 26.1 Å². The Kier molecular flexibility index (Phi) is 6.86. The van der Waals surface area contributed by atoms with Gasteiger partial charge >= 0.3 is 0 Å². The summed E-state index contributed by atoms with van der Waals surface area (Å²) in [4.78, 5) is 0.276. The number of sulfone groups is 1. The molecule has 4 nitrogen and oxygen atoms in total. The van der Waals surface area contributed by atoms with Crippen LogP contribution in [0.2, 0.25) is 0 Å². The first-order valence-corrected chi connectivity index (χ1v) is 9.00. The third-order valence-corrected chi connectivity index (χ3v) is 5.39. The molecule has 1 aromatic rings. The summed E-state index contributed by atoms with van der Waals surface area (Å²) in [5.41, 5.74) is 0.467. The molecule has 0 bridgehead atoms. The average Bonchev–Trinajstić information content (AvgIpc) is 2.46. The molecule has 21 heavy (non-hydrogen) atoms. The molecule has 0 heterocycles. The Labute approximate surface area is 128 Å². The van der Waals surface area contributed by atoms with Crippen LogP contribution in [0.15, 0.2) is 29.2 Å². The van der Waals surface area contributed by atoms with Crippen molar-refractivity contribution in [2.24, 2.45) is 5.92 Å². The molecule has 0 saturated heterocycles. The zero-order chi connectivity index (χ0) is 15.9. The second-order valence-electron chi connectivity index (χ2n) is 5.56. The van der Waals surface area contributed by atoms with E-state index in [1.165, 1.54) is 24.3 Å². The van der Waals surface area contributed by atoms with Crippen LogP contribution in [0.25, 0.3) is 0 Å². The van der Waals surface area contributed by atoms with Crippen molar-refractivity contribution < 1.29 is 8.42 Å². The highest BCUT2D eigenvalue weighted by atomic mass is 32.2. The van der Waals surface area contributed by atoms with Crippen LogP contribution in [0, 0.1) is 17.2 Å². The molecule has 1 aromatic carbocycles. The van der Waals surface area contributed by atoms with Crippen LogP contribution in [0.4, 0.5) is 0 Å².